The van der Waals surface area contributed by atoms with E-state index in [4.69, 9.17) is 14.5 Å². The largest absolute Gasteiger partial charge is 0.493 e. The number of ether oxygens (including phenoxy) is 2. The molecule has 0 atom stereocenters. The highest BCUT2D eigenvalue weighted by Gasteiger charge is 2.16. The molecule has 0 bridgehead atoms. The Labute approximate surface area is 147 Å². The van der Waals surface area contributed by atoms with E-state index in [1.54, 1.807) is 20.3 Å². The number of aromatic nitrogens is 2. The molecule has 2 aromatic heterocycles. The molecule has 0 saturated carbocycles. The van der Waals surface area contributed by atoms with E-state index in [0.29, 0.717) is 17.2 Å². The molecule has 0 amide bonds. The van der Waals surface area contributed by atoms with Crippen molar-refractivity contribution in [3.05, 3.63) is 47.8 Å². The Bertz CT molecular complexity index is 929. The van der Waals surface area contributed by atoms with Crippen LogP contribution in [0.2, 0.25) is 0 Å². The number of nitrogens with zero attached hydrogens (tertiary/aromatic N) is 4. The van der Waals surface area contributed by atoms with Gasteiger partial charge in [0.05, 0.1) is 25.6 Å². The summed E-state index contributed by atoms with van der Waals surface area (Å²) in [5.74, 6) is 2.29. The summed E-state index contributed by atoms with van der Waals surface area (Å²) in [6.45, 7) is 6.25. The Kier molecular flexibility index (Phi) is 4.70. The highest BCUT2D eigenvalue weighted by atomic mass is 16.5. The Hall–Kier alpha value is -2.89. The number of azo groups is 1. The van der Waals surface area contributed by atoms with Crippen LogP contribution in [0.5, 0.6) is 11.5 Å². The summed E-state index contributed by atoms with van der Waals surface area (Å²) in [4.78, 5) is 4.75. The van der Waals surface area contributed by atoms with Crippen molar-refractivity contribution >= 4 is 17.2 Å². The zero-order valence-corrected chi connectivity index (χ0v) is 15.1. The SMILES string of the molecule is COc1ccc(N=Nc2c(C(C)C)nc3c(C)cccn23)cc1OC. The average molecular weight is 338 g/mol. The van der Waals surface area contributed by atoms with Gasteiger partial charge in [0.25, 0.3) is 0 Å². The molecule has 0 saturated heterocycles. The second-order valence-electron chi connectivity index (χ2n) is 6.10. The summed E-state index contributed by atoms with van der Waals surface area (Å²) in [6.07, 6.45) is 1.96. The number of benzene rings is 1. The Morgan fingerprint density at radius 2 is 1.80 bits per heavy atom. The van der Waals surface area contributed by atoms with Gasteiger partial charge in [0.15, 0.2) is 17.3 Å². The summed E-state index contributed by atoms with van der Waals surface area (Å²) in [6, 6.07) is 9.49. The van der Waals surface area contributed by atoms with Crippen molar-refractivity contribution in [2.24, 2.45) is 10.2 Å². The lowest BCUT2D eigenvalue weighted by atomic mass is 10.1. The summed E-state index contributed by atoms with van der Waals surface area (Å²) in [5.41, 5.74) is 3.64. The van der Waals surface area contributed by atoms with Crippen LogP contribution in [-0.2, 0) is 0 Å². The predicted molar refractivity (Wildman–Crippen MR) is 97.7 cm³/mol. The van der Waals surface area contributed by atoms with Crippen molar-refractivity contribution in [2.75, 3.05) is 14.2 Å². The van der Waals surface area contributed by atoms with Gasteiger partial charge in [0.2, 0.25) is 0 Å². The Morgan fingerprint density at radius 3 is 2.48 bits per heavy atom. The van der Waals surface area contributed by atoms with E-state index < -0.39 is 0 Å². The molecule has 2 heterocycles. The van der Waals surface area contributed by atoms with Crippen molar-refractivity contribution in [2.45, 2.75) is 26.7 Å². The minimum atomic E-state index is 0.249. The number of hydrogen-bond acceptors (Lipinski definition) is 5. The Morgan fingerprint density at radius 1 is 1.04 bits per heavy atom. The molecule has 0 aliphatic rings. The first-order valence-corrected chi connectivity index (χ1v) is 8.16. The van der Waals surface area contributed by atoms with E-state index in [1.165, 1.54) is 0 Å². The van der Waals surface area contributed by atoms with Crippen LogP contribution in [0.3, 0.4) is 0 Å². The van der Waals surface area contributed by atoms with Crippen LogP contribution < -0.4 is 9.47 Å². The minimum absolute atomic E-state index is 0.249. The van der Waals surface area contributed by atoms with Gasteiger partial charge in [0, 0.05) is 12.3 Å². The van der Waals surface area contributed by atoms with Gasteiger partial charge >= 0.3 is 0 Å². The zero-order valence-electron chi connectivity index (χ0n) is 15.1. The Balaban J connectivity index is 2.07. The van der Waals surface area contributed by atoms with Crippen molar-refractivity contribution in [3.63, 3.8) is 0 Å². The third kappa shape index (κ3) is 3.20. The van der Waals surface area contributed by atoms with E-state index in [0.717, 1.165) is 22.7 Å². The molecule has 25 heavy (non-hydrogen) atoms. The lowest BCUT2D eigenvalue weighted by Gasteiger charge is -2.07. The number of hydrogen-bond donors (Lipinski definition) is 0. The molecule has 3 rings (SSSR count). The molecule has 3 aromatic rings. The first-order valence-electron chi connectivity index (χ1n) is 8.16. The molecule has 0 N–H and O–H groups in total. The van der Waals surface area contributed by atoms with E-state index >= 15 is 0 Å². The number of pyridine rings is 1. The molecule has 6 heteroatoms. The average Bonchev–Trinajstić information content (AvgIpc) is 3.00. The molecule has 130 valence electrons. The van der Waals surface area contributed by atoms with Crippen molar-refractivity contribution in [1.82, 2.24) is 9.38 Å². The monoisotopic (exact) mass is 338 g/mol. The molecular formula is C19H22N4O2. The molecular weight excluding hydrogens is 316 g/mol. The van der Waals surface area contributed by atoms with E-state index in [9.17, 15) is 0 Å². The van der Waals surface area contributed by atoms with Gasteiger partial charge in [-0.1, -0.05) is 19.9 Å². The van der Waals surface area contributed by atoms with Crippen molar-refractivity contribution in [1.29, 1.82) is 0 Å². The highest BCUT2D eigenvalue weighted by Crippen LogP contribution is 2.33. The number of fused-ring (bicyclic) bond motifs is 1. The van der Waals surface area contributed by atoms with Crippen LogP contribution in [0.4, 0.5) is 11.5 Å². The fourth-order valence-electron chi connectivity index (χ4n) is 2.69. The molecule has 6 nitrogen and oxygen atoms in total. The van der Waals surface area contributed by atoms with Crippen LogP contribution in [0.25, 0.3) is 5.65 Å². The highest BCUT2D eigenvalue weighted by molar-refractivity contribution is 5.58. The van der Waals surface area contributed by atoms with Crippen molar-refractivity contribution in [3.8, 4) is 11.5 Å². The molecule has 0 aliphatic carbocycles. The molecule has 0 spiro atoms. The number of methoxy groups -OCH3 is 2. The predicted octanol–water partition coefficient (Wildman–Crippen LogP) is 5.20. The maximum absolute atomic E-state index is 5.32. The third-order valence-electron chi connectivity index (χ3n) is 4.02. The molecule has 1 aromatic carbocycles. The van der Waals surface area contributed by atoms with Gasteiger partial charge in [-0.3, -0.25) is 4.40 Å². The zero-order chi connectivity index (χ0) is 18.0. The molecule has 0 unspecified atom stereocenters. The topological polar surface area (TPSA) is 60.5 Å². The summed E-state index contributed by atoms with van der Waals surface area (Å²) < 4.78 is 12.6. The minimum Gasteiger partial charge on any atom is -0.493 e. The summed E-state index contributed by atoms with van der Waals surface area (Å²) in [7, 11) is 3.21. The second kappa shape index (κ2) is 6.93. The van der Waals surface area contributed by atoms with Gasteiger partial charge in [-0.05, 0) is 36.6 Å². The quantitative estimate of drug-likeness (QED) is 0.601. The second-order valence-corrected chi connectivity index (χ2v) is 6.10. The van der Waals surface area contributed by atoms with Crippen LogP contribution in [0, 0.1) is 6.92 Å². The lowest BCUT2D eigenvalue weighted by molar-refractivity contribution is 0.355. The fourth-order valence-corrected chi connectivity index (χ4v) is 2.69. The van der Waals surface area contributed by atoms with Gasteiger partial charge in [-0.25, -0.2) is 4.98 Å². The van der Waals surface area contributed by atoms with Crippen LogP contribution in [-0.4, -0.2) is 23.6 Å². The van der Waals surface area contributed by atoms with E-state index in [2.05, 4.69) is 24.1 Å². The number of imidazole rings is 1. The summed E-state index contributed by atoms with van der Waals surface area (Å²) >= 11 is 0. The van der Waals surface area contributed by atoms with Crippen molar-refractivity contribution < 1.29 is 9.47 Å². The van der Waals surface area contributed by atoms with Crippen LogP contribution in [0.1, 0.15) is 31.0 Å². The number of aryl methyl sites for hydroxylation is 1. The van der Waals surface area contributed by atoms with Crippen LogP contribution in [0.15, 0.2) is 46.8 Å². The third-order valence-corrected chi connectivity index (χ3v) is 4.02. The normalized spacial score (nSPS) is 11.6. The smallest absolute Gasteiger partial charge is 0.183 e. The molecule has 0 aliphatic heterocycles. The van der Waals surface area contributed by atoms with Gasteiger partial charge < -0.3 is 9.47 Å². The number of rotatable bonds is 5. The van der Waals surface area contributed by atoms with E-state index in [1.807, 2.05) is 41.8 Å². The maximum atomic E-state index is 5.32. The first kappa shape index (κ1) is 17.0. The van der Waals surface area contributed by atoms with Gasteiger partial charge in [-0.2, -0.15) is 0 Å². The van der Waals surface area contributed by atoms with Crippen LogP contribution >= 0.6 is 0 Å². The fraction of sp³-hybridized carbons (Fsp3) is 0.316. The molecule has 0 fully saturated rings. The lowest BCUT2D eigenvalue weighted by Crippen LogP contribution is -1.89. The first-order chi connectivity index (χ1) is 12.0. The molecule has 0 radical (unpaired) electrons. The van der Waals surface area contributed by atoms with E-state index in [-0.39, 0.29) is 5.92 Å². The standard InChI is InChI=1S/C19H22N4O2/c1-12(2)17-19(23-10-6-7-13(3)18(23)20-17)22-21-14-8-9-15(24-4)16(11-14)25-5/h6-12H,1-5H3. The van der Waals surface area contributed by atoms with Gasteiger partial charge in [0.1, 0.15) is 5.65 Å². The summed E-state index contributed by atoms with van der Waals surface area (Å²) in [5, 5.41) is 8.87. The maximum Gasteiger partial charge on any atom is 0.183 e. The van der Waals surface area contributed by atoms with Gasteiger partial charge in [-0.15, -0.1) is 10.2 Å².